The third-order valence-corrected chi connectivity index (χ3v) is 2.04. The highest BCUT2D eigenvalue weighted by atomic mass is 16.2. The van der Waals surface area contributed by atoms with Crippen LogP contribution in [0.25, 0.3) is 6.08 Å². The number of rotatable bonds is 4. The molecule has 0 aliphatic heterocycles. The Bertz CT molecular complexity index is 372. The van der Waals surface area contributed by atoms with Gasteiger partial charge in [-0.15, -0.1) is 0 Å². The molecule has 1 rings (SSSR count). The number of hydrogen-bond acceptors (Lipinski definition) is 1. The van der Waals surface area contributed by atoms with Crippen molar-refractivity contribution in [3.05, 3.63) is 35.9 Å². The predicted molar refractivity (Wildman–Crippen MR) is 68.5 cm³/mol. The van der Waals surface area contributed by atoms with Gasteiger partial charge in [-0.05, 0) is 31.0 Å². The predicted octanol–water partition coefficient (Wildman–Crippen LogP) is 3.25. The van der Waals surface area contributed by atoms with Gasteiger partial charge in [-0.1, -0.05) is 31.2 Å². The molecule has 0 saturated heterocycles. The molecule has 86 valence electrons. The summed E-state index contributed by atoms with van der Waals surface area (Å²) in [6.07, 6.45) is 4.90. The lowest BCUT2D eigenvalue weighted by molar-refractivity contribution is 0.252. The van der Waals surface area contributed by atoms with Gasteiger partial charge in [-0.3, -0.25) is 0 Å². The van der Waals surface area contributed by atoms with E-state index >= 15 is 0 Å². The summed E-state index contributed by atoms with van der Waals surface area (Å²) >= 11 is 0. The summed E-state index contributed by atoms with van der Waals surface area (Å²) in [6.45, 7) is 4.68. The third-order valence-electron chi connectivity index (χ3n) is 2.04. The van der Waals surface area contributed by atoms with Gasteiger partial charge in [0.25, 0.3) is 0 Å². The Morgan fingerprint density at radius 1 is 1.44 bits per heavy atom. The molecule has 0 unspecified atom stereocenters. The molecule has 0 spiro atoms. The first kappa shape index (κ1) is 12.3. The highest BCUT2D eigenvalue weighted by molar-refractivity contribution is 5.89. The Balaban J connectivity index is 2.59. The molecular formula is C13H18N2O. The molecule has 0 heterocycles. The first-order valence-corrected chi connectivity index (χ1v) is 5.54. The molecule has 0 aromatic heterocycles. The first-order chi connectivity index (χ1) is 7.76. The second-order valence-electron chi connectivity index (χ2n) is 3.51. The molecule has 0 aliphatic rings. The summed E-state index contributed by atoms with van der Waals surface area (Å²) in [7, 11) is 0. The highest BCUT2D eigenvalue weighted by Gasteiger charge is 1.99. The molecule has 3 heteroatoms. The molecule has 0 radical (unpaired) electrons. The molecule has 1 aromatic carbocycles. The van der Waals surface area contributed by atoms with E-state index in [0.29, 0.717) is 6.54 Å². The fourth-order valence-corrected chi connectivity index (χ4v) is 1.33. The van der Waals surface area contributed by atoms with Gasteiger partial charge in [0.1, 0.15) is 0 Å². The first-order valence-electron chi connectivity index (χ1n) is 5.54. The van der Waals surface area contributed by atoms with Gasteiger partial charge >= 0.3 is 6.03 Å². The smallest absolute Gasteiger partial charge is 0.319 e. The number of allylic oxidation sites excluding steroid dienone is 1. The maximum atomic E-state index is 11.4. The highest BCUT2D eigenvalue weighted by Crippen LogP contribution is 2.11. The molecule has 16 heavy (non-hydrogen) atoms. The number of nitrogens with one attached hydrogen (secondary N) is 2. The zero-order valence-corrected chi connectivity index (χ0v) is 9.79. The number of hydrogen-bond donors (Lipinski definition) is 2. The van der Waals surface area contributed by atoms with E-state index < -0.39 is 0 Å². The Morgan fingerprint density at radius 2 is 2.25 bits per heavy atom. The molecule has 1 aromatic rings. The maximum absolute atomic E-state index is 11.4. The van der Waals surface area contributed by atoms with E-state index in [1.165, 1.54) is 0 Å². The van der Waals surface area contributed by atoms with E-state index in [2.05, 4.69) is 10.6 Å². The van der Waals surface area contributed by atoms with Crippen LogP contribution in [0.15, 0.2) is 30.3 Å². The Kier molecular flexibility index (Phi) is 5.12. The van der Waals surface area contributed by atoms with Crippen molar-refractivity contribution in [3.8, 4) is 0 Å². The summed E-state index contributed by atoms with van der Waals surface area (Å²) in [6, 6.07) is 7.57. The standard InChI is InChI=1S/C13H18N2O/c1-3-6-11-7-5-8-12(10-11)15-13(16)14-9-4-2/h3,5-8,10H,4,9H2,1-2H3,(H2,14,15,16)/b6-3+. The number of carbonyl (C=O) groups excluding carboxylic acids is 1. The Morgan fingerprint density at radius 3 is 2.94 bits per heavy atom. The normalized spacial score (nSPS) is 10.4. The topological polar surface area (TPSA) is 41.1 Å². The monoisotopic (exact) mass is 218 g/mol. The van der Waals surface area contributed by atoms with Gasteiger partial charge in [0.15, 0.2) is 0 Å². The van der Waals surface area contributed by atoms with Crippen molar-refractivity contribution >= 4 is 17.8 Å². The molecule has 2 amide bonds. The van der Waals surface area contributed by atoms with E-state index in [4.69, 9.17) is 0 Å². The van der Waals surface area contributed by atoms with Crippen molar-refractivity contribution < 1.29 is 4.79 Å². The molecule has 3 nitrogen and oxygen atoms in total. The molecule has 0 atom stereocenters. The number of urea groups is 1. The van der Waals surface area contributed by atoms with Crippen LogP contribution in [0.4, 0.5) is 10.5 Å². The van der Waals surface area contributed by atoms with Crippen LogP contribution in [0, 0.1) is 0 Å². The van der Waals surface area contributed by atoms with Gasteiger partial charge in [-0.25, -0.2) is 4.79 Å². The summed E-state index contributed by atoms with van der Waals surface area (Å²) in [5.41, 5.74) is 1.89. The number of carbonyl (C=O) groups is 1. The summed E-state index contributed by atoms with van der Waals surface area (Å²) in [5, 5.41) is 5.56. The largest absolute Gasteiger partial charge is 0.338 e. The maximum Gasteiger partial charge on any atom is 0.319 e. The lowest BCUT2D eigenvalue weighted by Crippen LogP contribution is -2.29. The second-order valence-corrected chi connectivity index (χ2v) is 3.51. The average Bonchev–Trinajstić information content (AvgIpc) is 2.27. The van der Waals surface area contributed by atoms with Crippen LogP contribution < -0.4 is 10.6 Å². The quantitative estimate of drug-likeness (QED) is 0.800. The number of anilines is 1. The molecule has 0 saturated carbocycles. The van der Waals surface area contributed by atoms with Crippen LogP contribution in [-0.2, 0) is 0 Å². The molecule has 2 N–H and O–H groups in total. The van der Waals surface area contributed by atoms with Crippen LogP contribution in [0.2, 0.25) is 0 Å². The average molecular weight is 218 g/mol. The van der Waals surface area contributed by atoms with Crippen molar-refractivity contribution in [3.63, 3.8) is 0 Å². The van der Waals surface area contributed by atoms with Gasteiger partial charge < -0.3 is 10.6 Å². The van der Waals surface area contributed by atoms with Gasteiger partial charge in [0.2, 0.25) is 0 Å². The lowest BCUT2D eigenvalue weighted by Gasteiger charge is -2.07. The summed E-state index contributed by atoms with van der Waals surface area (Å²) < 4.78 is 0. The van der Waals surface area contributed by atoms with Crippen molar-refractivity contribution in [1.29, 1.82) is 0 Å². The van der Waals surface area contributed by atoms with Crippen LogP contribution in [0.5, 0.6) is 0 Å². The van der Waals surface area contributed by atoms with E-state index in [-0.39, 0.29) is 6.03 Å². The molecule has 0 aliphatic carbocycles. The van der Waals surface area contributed by atoms with Gasteiger partial charge in [0.05, 0.1) is 0 Å². The van der Waals surface area contributed by atoms with E-state index in [1.54, 1.807) is 0 Å². The van der Waals surface area contributed by atoms with Crippen LogP contribution >= 0.6 is 0 Å². The zero-order valence-electron chi connectivity index (χ0n) is 9.79. The van der Waals surface area contributed by atoms with Crippen molar-refractivity contribution in [2.24, 2.45) is 0 Å². The lowest BCUT2D eigenvalue weighted by atomic mass is 10.2. The minimum Gasteiger partial charge on any atom is -0.338 e. The van der Waals surface area contributed by atoms with Crippen LogP contribution in [0.3, 0.4) is 0 Å². The molecule has 0 bridgehead atoms. The number of benzene rings is 1. The third kappa shape index (κ3) is 4.17. The Hall–Kier alpha value is -1.77. The van der Waals surface area contributed by atoms with E-state index in [0.717, 1.165) is 17.7 Å². The number of amides is 2. The fourth-order valence-electron chi connectivity index (χ4n) is 1.33. The SMILES string of the molecule is C/C=C/c1cccc(NC(=O)NCCC)c1. The van der Waals surface area contributed by atoms with Crippen LogP contribution in [0.1, 0.15) is 25.8 Å². The summed E-state index contributed by atoms with van der Waals surface area (Å²) in [4.78, 5) is 11.4. The van der Waals surface area contributed by atoms with Gasteiger partial charge in [0, 0.05) is 12.2 Å². The molecular weight excluding hydrogens is 200 g/mol. The van der Waals surface area contributed by atoms with Crippen molar-refractivity contribution in [1.82, 2.24) is 5.32 Å². The zero-order chi connectivity index (χ0) is 11.8. The van der Waals surface area contributed by atoms with Crippen molar-refractivity contribution in [2.45, 2.75) is 20.3 Å². The minimum absolute atomic E-state index is 0.153. The van der Waals surface area contributed by atoms with E-state index in [9.17, 15) is 4.79 Å². The van der Waals surface area contributed by atoms with Gasteiger partial charge in [-0.2, -0.15) is 0 Å². The van der Waals surface area contributed by atoms with E-state index in [1.807, 2.05) is 50.3 Å². The Labute approximate surface area is 96.6 Å². The fraction of sp³-hybridized carbons (Fsp3) is 0.308. The summed E-state index contributed by atoms with van der Waals surface area (Å²) in [5.74, 6) is 0. The molecule has 0 fully saturated rings. The van der Waals surface area contributed by atoms with Crippen LogP contribution in [-0.4, -0.2) is 12.6 Å². The van der Waals surface area contributed by atoms with Crippen molar-refractivity contribution in [2.75, 3.05) is 11.9 Å². The minimum atomic E-state index is -0.153. The second kappa shape index (κ2) is 6.67.